The number of aromatic nitrogens is 2. The van der Waals surface area contributed by atoms with Crippen LogP contribution in [0.15, 0.2) is 12.5 Å². The Bertz CT molecular complexity index is 366. The molecule has 99 valence electrons. The Labute approximate surface area is 109 Å². The Morgan fingerprint density at radius 1 is 1.65 bits per heavy atom. The molecule has 0 bridgehead atoms. The van der Waals surface area contributed by atoms with Crippen molar-refractivity contribution >= 4 is 11.9 Å². The smallest absolute Gasteiger partial charge is 0.326 e. The predicted molar refractivity (Wildman–Crippen MR) is 55.5 cm³/mol. The molecule has 8 heteroatoms. The van der Waals surface area contributed by atoms with E-state index in [1.807, 2.05) is 0 Å². The average molecular weight is 290 g/mol. The third-order valence-corrected chi connectivity index (χ3v) is 2.01. The number of aromatic amines is 1. The number of carbonyl (C=O) groups excluding carboxylic acids is 1. The Balaban J connectivity index is 0.00000256. The van der Waals surface area contributed by atoms with Crippen LogP contribution >= 0.6 is 0 Å². The van der Waals surface area contributed by atoms with E-state index >= 15 is 0 Å². The van der Waals surface area contributed by atoms with Gasteiger partial charge in [-0.2, -0.15) is 0 Å². The van der Waals surface area contributed by atoms with E-state index < -0.39 is 24.0 Å². The predicted octanol–water partition coefficient (Wildman–Crippen LogP) is -1.13. The van der Waals surface area contributed by atoms with Crippen LogP contribution in [0.1, 0.15) is 12.6 Å². The summed E-state index contributed by atoms with van der Waals surface area (Å²) in [5.74, 6) is -1.60. The van der Waals surface area contributed by atoms with E-state index in [2.05, 4.69) is 15.3 Å². The summed E-state index contributed by atoms with van der Waals surface area (Å²) in [6.45, 7) is 1.49. The summed E-state index contributed by atoms with van der Waals surface area (Å²) < 4.78 is 0. The Hall–Kier alpha value is -1.37. The zero-order valence-electron chi connectivity index (χ0n) is 9.11. The van der Waals surface area contributed by atoms with E-state index in [9.17, 15) is 9.59 Å². The van der Waals surface area contributed by atoms with Crippen LogP contribution < -0.4 is 11.1 Å². The molecule has 0 saturated carbocycles. The molecule has 1 amide bonds. The maximum absolute atomic E-state index is 11.3. The number of rotatable bonds is 5. The fraction of sp³-hybridized carbons (Fsp3) is 0.444. The molecule has 0 aliphatic heterocycles. The molecular formula is C9H14CuN4O3. The molecule has 7 nitrogen and oxygen atoms in total. The number of nitrogens with zero attached hydrogens (tertiary/aromatic N) is 1. The first-order valence-corrected chi connectivity index (χ1v) is 4.76. The van der Waals surface area contributed by atoms with Crippen LogP contribution in [0.5, 0.6) is 0 Å². The van der Waals surface area contributed by atoms with Crippen molar-refractivity contribution in [2.45, 2.75) is 25.4 Å². The number of carboxylic acid groups (broad SMARTS) is 1. The van der Waals surface area contributed by atoms with Crippen molar-refractivity contribution in [3.63, 3.8) is 0 Å². The number of aliphatic carboxylic acids is 1. The summed E-state index contributed by atoms with van der Waals surface area (Å²) in [5, 5.41) is 11.3. The van der Waals surface area contributed by atoms with Gasteiger partial charge < -0.3 is 21.1 Å². The van der Waals surface area contributed by atoms with Crippen LogP contribution in [0.4, 0.5) is 0 Å². The van der Waals surface area contributed by atoms with Gasteiger partial charge in [0.05, 0.1) is 12.4 Å². The van der Waals surface area contributed by atoms with Gasteiger partial charge in [-0.3, -0.25) is 4.79 Å². The standard InChI is InChI=1S/C9H14N4O3.Cu/c1-5(10)8(14)13-7(9(15)16)2-6-3-11-4-12-6;/h3-5,7H,2,10H2,1H3,(H,11,12)(H,13,14)(H,15,16);. The second-order valence-corrected chi connectivity index (χ2v) is 3.47. The number of hydrogen-bond donors (Lipinski definition) is 4. The van der Waals surface area contributed by atoms with Gasteiger partial charge in [0, 0.05) is 35.4 Å². The molecular weight excluding hydrogens is 276 g/mol. The van der Waals surface area contributed by atoms with Crippen LogP contribution in [-0.4, -0.2) is 39.0 Å². The number of imidazole rings is 1. The molecule has 2 atom stereocenters. The summed E-state index contributed by atoms with van der Waals surface area (Å²) in [6.07, 6.45) is 3.10. The first kappa shape index (κ1) is 15.6. The molecule has 0 aliphatic rings. The Morgan fingerprint density at radius 2 is 2.29 bits per heavy atom. The van der Waals surface area contributed by atoms with Crippen molar-refractivity contribution in [2.24, 2.45) is 5.73 Å². The second-order valence-electron chi connectivity index (χ2n) is 3.47. The molecule has 1 aromatic rings. The molecule has 17 heavy (non-hydrogen) atoms. The van der Waals surface area contributed by atoms with Crippen LogP contribution in [-0.2, 0) is 33.1 Å². The SMILES string of the molecule is CC(N)C(=O)NC(Cc1cnc[nH]1)C(=O)O.[Cu]. The number of carbonyl (C=O) groups is 2. The van der Waals surface area contributed by atoms with Gasteiger partial charge in [0.25, 0.3) is 0 Å². The molecule has 0 fully saturated rings. The average Bonchev–Trinajstić information content (AvgIpc) is 2.68. The Morgan fingerprint density at radius 3 is 2.71 bits per heavy atom. The molecule has 1 radical (unpaired) electrons. The van der Waals surface area contributed by atoms with Crippen LogP contribution in [0.3, 0.4) is 0 Å². The summed E-state index contributed by atoms with van der Waals surface area (Å²) in [5.41, 5.74) is 5.97. The number of hydrogen-bond acceptors (Lipinski definition) is 4. The molecule has 0 aromatic carbocycles. The van der Waals surface area contributed by atoms with E-state index in [1.54, 1.807) is 0 Å². The van der Waals surface area contributed by atoms with Gasteiger partial charge in [0.2, 0.25) is 5.91 Å². The third-order valence-electron chi connectivity index (χ3n) is 2.01. The largest absolute Gasteiger partial charge is 0.480 e. The molecule has 0 aliphatic carbocycles. The van der Waals surface area contributed by atoms with E-state index in [0.717, 1.165) is 0 Å². The maximum Gasteiger partial charge on any atom is 0.326 e. The quantitative estimate of drug-likeness (QED) is 0.511. The second kappa shape index (κ2) is 7.05. The molecule has 0 saturated heterocycles. The number of amides is 1. The van der Waals surface area contributed by atoms with Crippen LogP contribution in [0, 0.1) is 0 Å². The van der Waals surface area contributed by atoms with Crippen LogP contribution in [0.2, 0.25) is 0 Å². The number of carboxylic acids is 1. The van der Waals surface area contributed by atoms with E-state index in [4.69, 9.17) is 10.8 Å². The molecule has 1 heterocycles. The van der Waals surface area contributed by atoms with E-state index in [-0.39, 0.29) is 23.5 Å². The monoisotopic (exact) mass is 289 g/mol. The minimum Gasteiger partial charge on any atom is -0.480 e. The molecule has 5 N–H and O–H groups in total. The topological polar surface area (TPSA) is 121 Å². The maximum atomic E-state index is 11.3. The molecule has 1 aromatic heterocycles. The van der Waals surface area contributed by atoms with Crippen molar-refractivity contribution in [2.75, 3.05) is 0 Å². The van der Waals surface area contributed by atoms with Gasteiger partial charge in [0.15, 0.2) is 0 Å². The van der Waals surface area contributed by atoms with Gasteiger partial charge in [-0.15, -0.1) is 0 Å². The van der Waals surface area contributed by atoms with Gasteiger partial charge in [0.1, 0.15) is 6.04 Å². The number of H-pyrrole nitrogens is 1. The normalized spacial score (nSPS) is 13.3. The van der Waals surface area contributed by atoms with E-state index in [0.29, 0.717) is 5.69 Å². The molecule has 2 unspecified atom stereocenters. The van der Waals surface area contributed by atoms with E-state index in [1.165, 1.54) is 19.4 Å². The Kier molecular flexibility index (Phi) is 6.48. The molecule has 0 spiro atoms. The summed E-state index contributed by atoms with van der Waals surface area (Å²) in [7, 11) is 0. The summed E-state index contributed by atoms with van der Waals surface area (Å²) in [4.78, 5) is 28.7. The minimum absolute atomic E-state index is 0. The van der Waals surface area contributed by atoms with Gasteiger partial charge in [-0.25, -0.2) is 9.78 Å². The number of nitrogens with one attached hydrogen (secondary N) is 2. The summed E-state index contributed by atoms with van der Waals surface area (Å²) in [6, 6.07) is -1.73. The first-order chi connectivity index (χ1) is 7.50. The zero-order valence-corrected chi connectivity index (χ0v) is 10.0. The zero-order chi connectivity index (χ0) is 12.1. The minimum atomic E-state index is -1.11. The van der Waals surface area contributed by atoms with Crippen LogP contribution in [0.25, 0.3) is 0 Å². The third kappa shape index (κ3) is 4.99. The summed E-state index contributed by atoms with van der Waals surface area (Å²) >= 11 is 0. The van der Waals surface area contributed by atoms with Crippen molar-refractivity contribution in [3.05, 3.63) is 18.2 Å². The first-order valence-electron chi connectivity index (χ1n) is 4.76. The van der Waals surface area contributed by atoms with Crippen molar-refractivity contribution in [1.82, 2.24) is 15.3 Å². The van der Waals surface area contributed by atoms with Crippen molar-refractivity contribution in [3.8, 4) is 0 Å². The fourth-order valence-electron chi connectivity index (χ4n) is 1.12. The van der Waals surface area contributed by atoms with Gasteiger partial charge in [-0.1, -0.05) is 0 Å². The number of nitrogens with two attached hydrogens (primary N) is 1. The molecule has 1 rings (SSSR count). The van der Waals surface area contributed by atoms with Gasteiger partial charge in [-0.05, 0) is 6.92 Å². The van der Waals surface area contributed by atoms with Crippen molar-refractivity contribution in [1.29, 1.82) is 0 Å². The van der Waals surface area contributed by atoms with Gasteiger partial charge >= 0.3 is 5.97 Å². The fourth-order valence-corrected chi connectivity index (χ4v) is 1.12. The van der Waals surface area contributed by atoms with Crippen molar-refractivity contribution < 1.29 is 31.8 Å².